The van der Waals surface area contributed by atoms with E-state index in [0.29, 0.717) is 5.92 Å². The normalized spacial score (nSPS) is 12.3. The van der Waals surface area contributed by atoms with Gasteiger partial charge in [-0.25, -0.2) is 0 Å². The van der Waals surface area contributed by atoms with Gasteiger partial charge in [0.05, 0.1) is 7.11 Å². The van der Waals surface area contributed by atoms with Crippen molar-refractivity contribution >= 4 is 21.9 Å². The van der Waals surface area contributed by atoms with Gasteiger partial charge in [-0.15, -0.1) is 0 Å². The topological polar surface area (TPSA) is 35.5 Å². The van der Waals surface area contributed by atoms with Gasteiger partial charge in [-0.1, -0.05) is 41.9 Å². The highest BCUT2D eigenvalue weighted by Gasteiger charge is 2.16. The Labute approximate surface area is 117 Å². The summed E-state index contributed by atoms with van der Waals surface area (Å²) >= 11 is 3.23. The van der Waals surface area contributed by atoms with Gasteiger partial charge in [0, 0.05) is 0 Å². The second kappa shape index (κ2) is 6.78. The van der Waals surface area contributed by atoms with Crippen LogP contribution in [0.3, 0.4) is 0 Å². The molecule has 1 unspecified atom stereocenters. The number of esters is 1. The Morgan fingerprint density at radius 1 is 1.39 bits per heavy atom. The van der Waals surface area contributed by atoms with Crippen LogP contribution in [0.25, 0.3) is 0 Å². The van der Waals surface area contributed by atoms with Gasteiger partial charge < -0.3 is 9.47 Å². The number of methoxy groups -OCH3 is 1. The van der Waals surface area contributed by atoms with Gasteiger partial charge in [0.15, 0.2) is 0 Å². The average Bonchev–Trinajstić information content (AvgIpc) is 2.36. The SMILES string of the molecule is COC(=O)C(Br)COc1cc(C(C)C)ccc1C. The molecule has 0 heterocycles. The molecule has 1 aromatic carbocycles. The molecule has 0 aliphatic heterocycles. The molecule has 0 aromatic heterocycles. The molecular weight excluding hydrogens is 296 g/mol. The van der Waals surface area contributed by atoms with E-state index in [1.54, 1.807) is 0 Å². The first-order valence-corrected chi connectivity index (χ1v) is 6.82. The van der Waals surface area contributed by atoms with Crippen LogP contribution in [0.5, 0.6) is 5.75 Å². The van der Waals surface area contributed by atoms with E-state index >= 15 is 0 Å². The monoisotopic (exact) mass is 314 g/mol. The quantitative estimate of drug-likeness (QED) is 0.617. The van der Waals surface area contributed by atoms with Gasteiger partial charge in [-0.05, 0) is 30.0 Å². The Morgan fingerprint density at radius 2 is 2.06 bits per heavy atom. The first-order chi connectivity index (χ1) is 8.45. The molecule has 0 aliphatic rings. The van der Waals surface area contributed by atoms with E-state index in [2.05, 4.69) is 40.6 Å². The van der Waals surface area contributed by atoms with Crippen LogP contribution in [-0.2, 0) is 9.53 Å². The molecule has 3 nitrogen and oxygen atoms in total. The van der Waals surface area contributed by atoms with Crippen LogP contribution in [0.15, 0.2) is 18.2 Å². The summed E-state index contributed by atoms with van der Waals surface area (Å²) in [6.45, 7) is 6.52. The minimum Gasteiger partial charge on any atom is -0.492 e. The molecule has 0 radical (unpaired) electrons. The number of carbonyl (C=O) groups excluding carboxylic acids is 1. The molecular formula is C14H19BrO3. The molecule has 4 heteroatoms. The second-order valence-corrected chi connectivity index (χ2v) is 5.59. The standard InChI is InChI=1S/C14H19BrO3/c1-9(2)11-6-5-10(3)13(7-11)18-8-12(15)14(16)17-4/h5-7,9,12H,8H2,1-4H3. The maximum absolute atomic E-state index is 11.2. The second-order valence-electron chi connectivity index (χ2n) is 4.48. The van der Waals surface area contributed by atoms with Crippen molar-refractivity contribution in [2.45, 2.75) is 31.5 Å². The number of rotatable bonds is 5. The van der Waals surface area contributed by atoms with Crippen molar-refractivity contribution in [3.05, 3.63) is 29.3 Å². The zero-order chi connectivity index (χ0) is 13.7. The molecule has 0 amide bonds. The van der Waals surface area contributed by atoms with Crippen LogP contribution in [0, 0.1) is 6.92 Å². The molecule has 1 rings (SSSR count). The summed E-state index contributed by atoms with van der Waals surface area (Å²) in [5, 5.41) is 0. The van der Waals surface area contributed by atoms with E-state index < -0.39 is 4.83 Å². The highest BCUT2D eigenvalue weighted by Crippen LogP contribution is 2.24. The zero-order valence-electron chi connectivity index (χ0n) is 11.2. The van der Waals surface area contributed by atoms with E-state index in [4.69, 9.17) is 4.74 Å². The minimum atomic E-state index is -0.440. The van der Waals surface area contributed by atoms with Gasteiger partial charge in [-0.2, -0.15) is 0 Å². The number of carbonyl (C=O) groups is 1. The fraction of sp³-hybridized carbons (Fsp3) is 0.500. The third kappa shape index (κ3) is 4.02. The van der Waals surface area contributed by atoms with E-state index in [-0.39, 0.29) is 12.6 Å². The summed E-state index contributed by atoms with van der Waals surface area (Å²) in [4.78, 5) is 10.8. The summed E-state index contributed by atoms with van der Waals surface area (Å²) in [5.74, 6) is 0.940. The number of hydrogen-bond acceptors (Lipinski definition) is 3. The van der Waals surface area contributed by atoms with Crippen LogP contribution in [0.4, 0.5) is 0 Å². The summed E-state index contributed by atoms with van der Waals surface area (Å²) in [7, 11) is 1.36. The van der Waals surface area contributed by atoms with Crippen molar-refractivity contribution in [1.29, 1.82) is 0 Å². The van der Waals surface area contributed by atoms with Crippen LogP contribution in [0.1, 0.15) is 30.9 Å². The summed E-state index contributed by atoms with van der Waals surface area (Å²) < 4.78 is 10.3. The van der Waals surface area contributed by atoms with Crippen molar-refractivity contribution in [3.8, 4) is 5.75 Å². The van der Waals surface area contributed by atoms with E-state index in [0.717, 1.165) is 11.3 Å². The van der Waals surface area contributed by atoms with Gasteiger partial charge in [0.1, 0.15) is 17.2 Å². The van der Waals surface area contributed by atoms with Gasteiger partial charge >= 0.3 is 5.97 Å². The number of halogens is 1. The van der Waals surface area contributed by atoms with Crippen molar-refractivity contribution < 1.29 is 14.3 Å². The van der Waals surface area contributed by atoms with Gasteiger partial charge in [0.2, 0.25) is 0 Å². The first-order valence-electron chi connectivity index (χ1n) is 5.91. The maximum Gasteiger partial charge on any atom is 0.322 e. The van der Waals surface area contributed by atoms with Crippen LogP contribution in [-0.4, -0.2) is 24.5 Å². The number of aryl methyl sites for hydroxylation is 1. The van der Waals surface area contributed by atoms with E-state index in [1.807, 2.05) is 19.1 Å². The Kier molecular flexibility index (Phi) is 5.66. The minimum absolute atomic E-state index is 0.259. The lowest BCUT2D eigenvalue weighted by Crippen LogP contribution is -2.23. The van der Waals surface area contributed by atoms with Crippen LogP contribution >= 0.6 is 15.9 Å². The Hall–Kier alpha value is -1.03. The van der Waals surface area contributed by atoms with Gasteiger partial charge in [-0.3, -0.25) is 4.79 Å². The molecule has 1 atom stereocenters. The first kappa shape index (κ1) is 15.0. The van der Waals surface area contributed by atoms with E-state index in [1.165, 1.54) is 12.7 Å². The van der Waals surface area contributed by atoms with Crippen LogP contribution in [0.2, 0.25) is 0 Å². The van der Waals surface area contributed by atoms with Crippen molar-refractivity contribution in [1.82, 2.24) is 0 Å². The summed E-state index contributed by atoms with van der Waals surface area (Å²) in [6.07, 6.45) is 0. The van der Waals surface area contributed by atoms with Crippen molar-refractivity contribution in [2.75, 3.05) is 13.7 Å². The molecule has 0 saturated carbocycles. The lowest BCUT2D eigenvalue weighted by atomic mass is 10.0. The zero-order valence-corrected chi connectivity index (χ0v) is 12.8. The smallest absolute Gasteiger partial charge is 0.322 e. The number of alkyl halides is 1. The van der Waals surface area contributed by atoms with E-state index in [9.17, 15) is 4.79 Å². The maximum atomic E-state index is 11.2. The third-order valence-electron chi connectivity index (χ3n) is 2.72. The average molecular weight is 315 g/mol. The number of ether oxygens (including phenoxy) is 2. The van der Waals surface area contributed by atoms with Gasteiger partial charge in [0.25, 0.3) is 0 Å². The Bertz CT molecular complexity index is 416. The summed E-state index contributed by atoms with van der Waals surface area (Å²) in [6, 6.07) is 6.15. The Balaban J connectivity index is 2.72. The fourth-order valence-electron chi connectivity index (χ4n) is 1.49. The highest BCUT2D eigenvalue weighted by atomic mass is 79.9. The van der Waals surface area contributed by atoms with Crippen LogP contribution < -0.4 is 4.74 Å². The fourth-order valence-corrected chi connectivity index (χ4v) is 1.81. The number of hydrogen-bond donors (Lipinski definition) is 0. The lowest BCUT2D eigenvalue weighted by Gasteiger charge is -2.14. The Morgan fingerprint density at radius 3 is 2.61 bits per heavy atom. The molecule has 0 saturated heterocycles. The third-order valence-corrected chi connectivity index (χ3v) is 3.36. The highest BCUT2D eigenvalue weighted by molar-refractivity contribution is 9.10. The lowest BCUT2D eigenvalue weighted by molar-refractivity contribution is -0.140. The molecule has 100 valence electrons. The molecule has 1 aromatic rings. The number of benzene rings is 1. The largest absolute Gasteiger partial charge is 0.492 e. The molecule has 0 aliphatic carbocycles. The molecule has 18 heavy (non-hydrogen) atoms. The predicted molar refractivity (Wildman–Crippen MR) is 75.5 cm³/mol. The molecule has 0 bridgehead atoms. The van der Waals surface area contributed by atoms with Crippen molar-refractivity contribution in [3.63, 3.8) is 0 Å². The predicted octanol–water partition coefficient (Wildman–Crippen LogP) is 3.43. The van der Waals surface area contributed by atoms with Crippen molar-refractivity contribution in [2.24, 2.45) is 0 Å². The molecule has 0 spiro atoms. The summed E-state index contributed by atoms with van der Waals surface area (Å²) in [5.41, 5.74) is 2.28. The molecule has 0 fully saturated rings. The molecule has 0 N–H and O–H groups in total.